The van der Waals surface area contributed by atoms with Crippen LogP contribution in [0.3, 0.4) is 0 Å². The first-order valence-corrected chi connectivity index (χ1v) is 13.6. The van der Waals surface area contributed by atoms with Crippen LogP contribution in [-0.4, -0.2) is 41.4 Å². The molecule has 0 fully saturated rings. The van der Waals surface area contributed by atoms with Gasteiger partial charge in [-0.1, -0.05) is 42.3 Å². The van der Waals surface area contributed by atoms with Crippen molar-refractivity contribution in [2.24, 2.45) is 4.99 Å². The zero-order chi connectivity index (χ0) is 26.1. The van der Waals surface area contributed by atoms with E-state index in [4.69, 9.17) is 16.6 Å². The number of hydrogen-bond donors (Lipinski definition) is 1. The second-order valence-electron chi connectivity index (χ2n) is 9.21. The number of aromatic nitrogens is 6. The van der Waals surface area contributed by atoms with Crippen molar-refractivity contribution in [1.29, 1.82) is 0 Å². The Morgan fingerprint density at radius 1 is 1.14 bits per heavy atom. The van der Waals surface area contributed by atoms with Crippen LogP contribution in [0.15, 0.2) is 35.5 Å². The largest absolute Gasteiger partial charge is 0.350 e. The maximum absolute atomic E-state index is 13.1. The lowest BCUT2D eigenvalue weighted by Crippen LogP contribution is -2.25. The van der Waals surface area contributed by atoms with Gasteiger partial charge in [0, 0.05) is 27.6 Å². The van der Waals surface area contributed by atoms with Gasteiger partial charge < -0.3 is 5.32 Å². The predicted octanol–water partition coefficient (Wildman–Crippen LogP) is 4.90. The first kappa shape index (κ1) is 25.3. The van der Waals surface area contributed by atoms with Crippen LogP contribution in [0, 0.1) is 20.8 Å². The highest BCUT2D eigenvalue weighted by molar-refractivity contribution is 7.15. The van der Waals surface area contributed by atoms with Crippen LogP contribution >= 0.6 is 22.9 Å². The van der Waals surface area contributed by atoms with Gasteiger partial charge in [0.1, 0.15) is 22.6 Å². The van der Waals surface area contributed by atoms with Gasteiger partial charge in [-0.05, 0) is 44.9 Å². The molecule has 4 aromatic rings. The molecule has 1 aliphatic rings. The van der Waals surface area contributed by atoms with E-state index in [2.05, 4.69) is 46.6 Å². The van der Waals surface area contributed by atoms with E-state index in [0.717, 1.165) is 58.3 Å². The predicted molar refractivity (Wildman–Crippen MR) is 145 cm³/mol. The van der Waals surface area contributed by atoms with Gasteiger partial charge in [0.2, 0.25) is 5.91 Å². The fourth-order valence-corrected chi connectivity index (χ4v) is 5.76. The number of thiophene rings is 1. The summed E-state index contributed by atoms with van der Waals surface area (Å²) < 4.78 is 3.86. The van der Waals surface area contributed by atoms with Crippen LogP contribution < -0.4 is 5.32 Å². The molecule has 0 spiro atoms. The molecule has 0 saturated carbocycles. The molecule has 3 aromatic heterocycles. The van der Waals surface area contributed by atoms with E-state index in [9.17, 15) is 4.79 Å². The summed E-state index contributed by atoms with van der Waals surface area (Å²) in [6.07, 6.45) is 4.13. The van der Waals surface area contributed by atoms with E-state index in [1.165, 1.54) is 4.88 Å². The fraction of sp³-hybridized carbons (Fsp3) is 0.385. The number of hydrogen-bond acceptors (Lipinski definition) is 7. The second-order valence-corrected chi connectivity index (χ2v) is 10.9. The molecule has 0 saturated heterocycles. The van der Waals surface area contributed by atoms with Gasteiger partial charge in [0.05, 0.1) is 24.9 Å². The first-order chi connectivity index (χ1) is 17.9. The number of halogens is 1. The van der Waals surface area contributed by atoms with E-state index >= 15 is 0 Å². The summed E-state index contributed by atoms with van der Waals surface area (Å²) in [7, 11) is 0. The number of amides is 1. The van der Waals surface area contributed by atoms with Crippen molar-refractivity contribution >= 4 is 34.6 Å². The molecular formula is C26H29ClN8OS. The van der Waals surface area contributed by atoms with E-state index in [0.29, 0.717) is 17.4 Å². The van der Waals surface area contributed by atoms with Gasteiger partial charge in [-0.2, -0.15) is 0 Å². The van der Waals surface area contributed by atoms with Crippen molar-refractivity contribution in [3.8, 4) is 5.00 Å². The molecule has 9 nitrogen and oxygen atoms in total. The SMILES string of the molecule is CCCCn1cc(CNC(=O)C[C@@H]2N=C(c3ccc(Cl)cc3)c3c(sc(C)c3C)-n3c(C)nnc32)nn1. The third-order valence-corrected chi connectivity index (χ3v) is 7.97. The molecule has 4 heterocycles. The number of aliphatic imine (C=N–C) groups is 1. The number of carbonyl (C=O) groups is 1. The third kappa shape index (κ3) is 5.08. The molecule has 1 N–H and O–H groups in total. The standard InChI is InChI=1S/C26H29ClN8OS/c1-5-6-11-34-14-20(31-33-34)13-28-22(36)12-21-25-32-30-17(4)35(25)26-23(15(2)16(3)37-26)24(29-21)18-7-9-19(27)10-8-18/h7-10,14,21H,5-6,11-13H2,1-4H3,(H,28,36)/t21-/m0/s1. The Balaban J connectivity index is 1.46. The Bertz CT molecular complexity index is 1470. The molecule has 1 atom stereocenters. The number of fused-ring (bicyclic) bond motifs is 3. The van der Waals surface area contributed by atoms with Gasteiger partial charge in [0.25, 0.3) is 0 Å². The van der Waals surface area contributed by atoms with Gasteiger partial charge in [-0.15, -0.1) is 26.6 Å². The Kier molecular flexibility index (Phi) is 7.21. The number of nitrogens with one attached hydrogen (secondary N) is 1. The maximum atomic E-state index is 13.1. The Hall–Kier alpha value is -3.37. The van der Waals surface area contributed by atoms with Crippen LogP contribution in [0.4, 0.5) is 0 Å². The second kappa shape index (κ2) is 10.5. The van der Waals surface area contributed by atoms with Crippen LogP contribution in [0.1, 0.15) is 71.1 Å². The lowest BCUT2D eigenvalue weighted by Gasteiger charge is -2.13. The molecule has 1 aliphatic heterocycles. The van der Waals surface area contributed by atoms with E-state index in [-0.39, 0.29) is 12.3 Å². The highest BCUT2D eigenvalue weighted by Gasteiger charge is 2.32. The molecule has 5 rings (SSSR count). The van der Waals surface area contributed by atoms with Gasteiger partial charge in [0.15, 0.2) is 5.82 Å². The average Bonchev–Trinajstić information content (AvgIpc) is 3.55. The minimum atomic E-state index is -0.508. The average molecular weight is 537 g/mol. The zero-order valence-electron chi connectivity index (χ0n) is 21.3. The normalized spacial score (nSPS) is 14.6. The number of carbonyl (C=O) groups excluding carboxylic acids is 1. The molecule has 0 aliphatic carbocycles. The van der Waals surface area contributed by atoms with Crippen molar-refractivity contribution in [3.63, 3.8) is 0 Å². The number of aryl methyl sites for hydroxylation is 3. The van der Waals surface area contributed by atoms with Gasteiger partial charge in [-0.3, -0.25) is 19.0 Å². The zero-order valence-corrected chi connectivity index (χ0v) is 22.9. The van der Waals surface area contributed by atoms with E-state index in [1.54, 1.807) is 11.3 Å². The fourth-order valence-electron chi connectivity index (χ4n) is 4.42. The van der Waals surface area contributed by atoms with E-state index < -0.39 is 6.04 Å². The maximum Gasteiger partial charge on any atom is 0.222 e. The van der Waals surface area contributed by atoms with Gasteiger partial charge in [-0.25, -0.2) is 0 Å². The number of unbranched alkanes of at least 4 members (excludes halogenated alkanes) is 1. The minimum Gasteiger partial charge on any atom is -0.350 e. The number of rotatable bonds is 8. The van der Waals surface area contributed by atoms with Crippen LogP contribution in [0.2, 0.25) is 5.02 Å². The van der Waals surface area contributed by atoms with Crippen molar-refractivity contribution < 1.29 is 4.79 Å². The van der Waals surface area contributed by atoms with Gasteiger partial charge >= 0.3 is 0 Å². The summed E-state index contributed by atoms with van der Waals surface area (Å²) in [4.78, 5) is 19.4. The summed E-state index contributed by atoms with van der Waals surface area (Å²) >= 11 is 7.87. The van der Waals surface area contributed by atoms with Crippen molar-refractivity contribution in [3.05, 3.63) is 74.4 Å². The van der Waals surface area contributed by atoms with E-state index in [1.807, 2.05) is 46.6 Å². The molecule has 0 bridgehead atoms. The molecule has 11 heteroatoms. The smallest absolute Gasteiger partial charge is 0.222 e. The van der Waals surface area contributed by atoms with Crippen LogP contribution in [-0.2, 0) is 17.9 Å². The third-order valence-electron chi connectivity index (χ3n) is 6.53. The molecule has 0 unspecified atom stereocenters. The molecular weight excluding hydrogens is 508 g/mol. The summed E-state index contributed by atoms with van der Waals surface area (Å²) in [5.41, 5.74) is 4.69. The summed E-state index contributed by atoms with van der Waals surface area (Å²) in [6, 6.07) is 7.15. The topological polar surface area (TPSA) is 103 Å². The summed E-state index contributed by atoms with van der Waals surface area (Å²) in [6.45, 7) is 9.41. The minimum absolute atomic E-state index is 0.131. The Morgan fingerprint density at radius 2 is 1.92 bits per heavy atom. The Morgan fingerprint density at radius 3 is 2.68 bits per heavy atom. The highest BCUT2D eigenvalue weighted by atomic mass is 35.5. The molecule has 1 aromatic carbocycles. The number of nitrogens with zero attached hydrogens (tertiary/aromatic N) is 7. The monoisotopic (exact) mass is 536 g/mol. The lowest BCUT2D eigenvalue weighted by molar-refractivity contribution is -0.121. The van der Waals surface area contributed by atoms with Crippen molar-refractivity contribution in [2.45, 2.75) is 66.1 Å². The quantitative estimate of drug-likeness (QED) is 0.345. The molecule has 1 amide bonds. The summed E-state index contributed by atoms with van der Waals surface area (Å²) in [5.74, 6) is 1.28. The molecule has 0 radical (unpaired) electrons. The highest BCUT2D eigenvalue weighted by Crippen LogP contribution is 2.39. The van der Waals surface area contributed by atoms with Crippen molar-refractivity contribution in [1.82, 2.24) is 35.1 Å². The van der Waals surface area contributed by atoms with Crippen LogP contribution in [0.25, 0.3) is 5.00 Å². The molecule has 192 valence electrons. The molecule has 37 heavy (non-hydrogen) atoms. The van der Waals surface area contributed by atoms with Crippen LogP contribution in [0.5, 0.6) is 0 Å². The Labute approximate surface area is 224 Å². The van der Waals surface area contributed by atoms with Crippen molar-refractivity contribution in [2.75, 3.05) is 0 Å². The number of benzene rings is 1. The lowest BCUT2D eigenvalue weighted by atomic mass is 9.99. The first-order valence-electron chi connectivity index (χ1n) is 12.4. The summed E-state index contributed by atoms with van der Waals surface area (Å²) in [5, 5.41) is 21.8.